The highest BCUT2D eigenvalue weighted by Crippen LogP contribution is 2.27. The molecule has 0 atom stereocenters. The van der Waals surface area contributed by atoms with Crippen molar-refractivity contribution in [3.8, 4) is 11.5 Å². The van der Waals surface area contributed by atoms with Crippen LogP contribution in [-0.2, 0) is 9.59 Å². The Morgan fingerprint density at radius 2 is 1.64 bits per heavy atom. The van der Waals surface area contributed by atoms with E-state index in [0.717, 1.165) is 5.56 Å². The Bertz CT molecular complexity index is 759. The van der Waals surface area contributed by atoms with Crippen LogP contribution in [0.15, 0.2) is 42.5 Å². The number of anilines is 2. The molecule has 0 aliphatic carbocycles. The molecule has 2 N–H and O–H groups in total. The molecule has 0 fully saturated rings. The van der Waals surface area contributed by atoms with E-state index in [1.165, 1.54) is 0 Å². The average molecular weight is 342 g/mol. The van der Waals surface area contributed by atoms with Crippen LogP contribution in [0.1, 0.15) is 18.9 Å². The van der Waals surface area contributed by atoms with Gasteiger partial charge >= 0.3 is 0 Å². The minimum Gasteiger partial charge on any atom is -0.493 e. The summed E-state index contributed by atoms with van der Waals surface area (Å²) >= 11 is 0. The van der Waals surface area contributed by atoms with Gasteiger partial charge in [0.2, 0.25) is 5.91 Å². The van der Waals surface area contributed by atoms with Crippen molar-refractivity contribution >= 4 is 23.2 Å². The summed E-state index contributed by atoms with van der Waals surface area (Å²) in [6, 6.07) is 12.4. The maximum Gasteiger partial charge on any atom is 0.262 e. The number of benzene rings is 2. The summed E-state index contributed by atoms with van der Waals surface area (Å²) < 4.78 is 10.8. The topological polar surface area (TPSA) is 76.7 Å². The van der Waals surface area contributed by atoms with Gasteiger partial charge in [-0.2, -0.15) is 0 Å². The normalized spacial score (nSPS) is 10.0. The van der Waals surface area contributed by atoms with Gasteiger partial charge in [-0.1, -0.05) is 19.1 Å². The molecule has 0 bridgehead atoms. The van der Waals surface area contributed by atoms with Crippen LogP contribution in [0, 0.1) is 6.92 Å². The zero-order chi connectivity index (χ0) is 18.2. The van der Waals surface area contributed by atoms with Crippen LogP contribution in [0.2, 0.25) is 0 Å². The number of hydrogen-bond acceptors (Lipinski definition) is 4. The van der Waals surface area contributed by atoms with Crippen molar-refractivity contribution in [3.63, 3.8) is 0 Å². The fourth-order valence-corrected chi connectivity index (χ4v) is 2.16. The summed E-state index contributed by atoms with van der Waals surface area (Å²) in [6.45, 7) is 3.58. The van der Waals surface area contributed by atoms with Crippen molar-refractivity contribution in [3.05, 3.63) is 48.0 Å². The van der Waals surface area contributed by atoms with Gasteiger partial charge in [0.05, 0.1) is 7.11 Å². The second-order valence-corrected chi connectivity index (χ2v) is 5.47. The van der Waals surface area contributed by atoms with E-state index in [4.69, 9.17) is 9.47 Å². The molecular weight excluding hydrogens is 320 g/mol. The largest absolute Gasteiger partial charge is 0.493 e. The summed E-state index contributed by atoms with van der Waals surface area (Å²) in [7, 11) is 1.55. The Kier molecular flexibility index (Phi) is 6.39. The fraction of sp³-hybridized carbons (Fsp3) is 0.263. The van der Waals surface area contributed by atoms with Crippen LogP contribution >= 0.6 is 0 Å². The quantitative estimate of drug-likeness (QED) is 0.809. The zero-order valence-corrected chi connectivity index (χ0v) is 14.6. The third-order valence-corrected chi connectivity index (χ3v) is 3.43. The van der Waals surface area contributed by atoms with Gasteiger partial charge in [0.25, 0.3) is 5.91 Å². The van der Waals surface area contributed by atoms with Crippen LogP contribution in [-0.4, -0.2) is 25.5 Å². The lowest BCUT2D eigenvalue weighted by molar-refractivity contribution is -0.118. The third-order valence-electron chi connectivity index (χ3n) is 3.43. The number of carbonyl (C=O) groups is 2. The molecule has 2 amide bonds. The van der Waals surface area contributed by atoms with Gasteiger partial charge in [0.15, 0.2) is 18.1 Å². The SMILES string of the molecule is CCC(=O)Nc1cccc(NC(=O)COc2ccc(C)cc2OC)c1. The summed E-state index contributed by atoms with van der Waals surface area (Å²) in [6.07, 6.45) is 0.392. The van der Waals surface area contributed by atoms with E-state index in [-0.39, 0.29) is 18.4 Å². The zero-order valence-electron chi connectivity index (χ0n) is 14.6. The Hall–Kier alpha value is -3.02. The van der Waals surface area contributed by atoms with E-state index in [2.05, 4.69) is 10.6 Å². The van der Waals surface area contributed by atoms with Crippen molar-refractivity contribution in [1.29, 1.82) is 0 Å². The van der Waals surface area contributed by atoms with Crippen molar-refractivity contribution in [2.45, 2.75) is 20.3 Å². The summed E-state index contributed by atoms with van der Waals surface area (Å²) in [5, 5.41) is 5.48. The summed E-state index contributed by atoms with van der Waals surface area (Å²) in [4.78, 5) is 23.5. The predicted octanol–water partition coefficient (Wildman–Crippen LogP) is 3.37. The van der Waals surface area contributed by atoms with E-state index >= 15 is 0 Å². The molecule has 2 rings (SSSR count). The molecule has 0 aliphatic rings. The first-order valence-electron chi connectivity index (χ1n) is 7.99. The molecule has 2 aromatic carbocycles. The molecule has 6 heteroatoms. The Balaban J connectivity index is 1.94. The first-order valence-corrected chi connectivity index (χ1v) is 7.99. The number of methoxy groups -OCH3 is 1. The molecule has 0 unspecified atom stereocenters. The number of rotatable bonds is 7. The molecule has 0 saturated heterocycles. The molecule has 0 saturated carbocycles. The van der Waals surface area contributed by atoms with E-state index in [0.29, 0.717) is 29.3 Å². The maximum atomic E-state index is 12.1. The van der Waals surface area contributed by atoms with Crippen molar-refractivity contribution in [2.24, 2.45) is 0 Å². The minimum atomic E-state index is -0.304. The smallest absolute Gasteiger partial charge is 0.262 e. The maximum absolute atomic E-state index is 12.1. The van der Waals surface area contributed by atoms with E-state index < -0.39 is 0 Å². The summed E-state index contributed by atoms with van der Waals surface area (Å²) in [5.74, 6) is 0.698. The molecule has 25 heavy (non-hydrogen) atoms. The molecule has 132 valence electrons. The van der Waals surface area contributed by atoms with Gasteiger partial charge in [-0.15, -0.1) is 0 Å². The van der Waals surface area contributed by atoms with Gasteiger partial charge in [0, 0.05) is 17.8 Å². The first-order chi connectivity index (χ1) is 12.0. The van der Waals surface area contributed by atoms with Crippen LogP contribution in [0.25, 0.3) is 0 Å². The van der Waals surface area contributed by atoms with Crippen LogP contribution in [0.4, 0.5) is 11.4 Å². The van der Waals surface area contributed by atoms with Crippen molar-refractivity contribution in [1.82, 2.24) is 0 Å². The highest BCUT2D eigenvalue weighted by Gasteiger charge is 2.09. The van der Waals surface area contributed by atoms with Gasteiger partial charge in [0.1, 0.15) is 0 Å². The van der Waals surface area contributed by atoms with Crippen LogP contribution in [0.5, 0.6) is 11.5 Å². The van der Waals surface area contributed by atoms with Gasteiger partial charge in [-0.3, -0.25) is 9.59 Å². The first kappa shape index (κ1) is 18.3. The minimum absolute atomic E-state index is 0.0849. The van der Waals surface area contributed by atoms with Crippen molar-refractivity contribution in [2.75, 3.05) is 24.4 Å². The number of hydrogen-bond donors (Lipinski definition) is 2. The second kappa shape index (κ2) is 8.73. The van der Waals surface area contributed by atoms with Crippen LogP contribution < -0.4 is 20.1 Å². The molecule has 2 aromatic rings. The second-order valence-electron chi connectivity index (χ2n) is 5.47. The fourth-order valence-electron chi connectivity index (χ4n) is 2.16. The highest BCUT2D eigenvalue weighted by molar-refractivity contribution is 5.94. The summed E-state index contributed by atoms with van der Waals surface area (Å²) in [5.41, 5.74) is 2.25. The monoisotopic (exact) mass is 342 g/mol. The number of amides is 2. The Morgan fingerprint density at radius 1 is 0.960 bits per heavy atom. The molecule has 0 aliphatic heterocycles. The molecule has 0 heterocycles. The average Bonchev–Trinajstić information content (AvgIpc) is 2.60. The van der Waals surface area contributed by atoms with Gasteiger partial charge in [-0.25, -0.2) is 0 Å². The van der Waals surface area contributed by atoms with E-state index in [1.807, 2.05) is 19.1 Å². The Labute approximate surface area is 147 Å². The highest BCUT2D eigenvalue weighted by atomic mass is 16.5. The standard InChI is InChI=1S/C19H22N2O4/c1-4-18(22)20-14-6-5-7-15(11-14)21-19(23)12-25-16-9-8-13(2)10-17(16)24-3/h5-11H,4,12H2,1-3H3,(H,20,22)(H,21,23). The molecular formula is C19H22N2O4. The van der Waals surface area contributed by atoms with E-state index in [1.54, 1.807) is 44.4 Å². The van der Waals surface area contributed by atoms with E-state index in [9.17, 15) is 9.59 Å². The molecule has 0 aromatic heterocycles. The molecule has 0 spiro atoms. The van der Waals surface area contributed by atoms with Gasteiger partial charge < -0.3 is 20.1 Å². The molecule has 6 nitrogen and oxygen atoms in total. The molecule has 0 radical (unpaired) electrons. The number of ether oxygens (including phenoxy) is 2. The van der Waals surface area contributed by atoms with Crippen molar-refractivity contribution < 1.29 is 19.1 Å². The lowest BCUT2D eigenvalue weighted by atomic mass is 10.2. The number of carbonyl (C=O) groups excluding carboxylic acids is 2. The lowest BCUT2D eigenvalue weighted by Crippen LogP contribution is -2.20. The third kappa shape index (κ3) is 5.53. The Morgan fingerprint density at radius 3 is 2.28 bits per heavy atom. The number of aryl methyl sites for hydroxylation is 1. The van der Waals surface area contributed by atoms with Gasteiger partial charge in [-0.05, 0) is 42.8 Å². The van der Waals surface area contributed by atoms with Crippen LogP contribution in [0.3, 0.4) is 0 Å². The predicted molar refractivity (Wildman–Crippen MR) is 97.2 cm³/mol. The number of nitrogens with one attached hydrogen (secondary N) is 2. The lowest BCUT2D eigenvalue weighted by Gasteiger charge is -2.12.